The Labute approximate surface area is 269 Å². The predicted octanol–water partition coefficient (Wildman–Crippen LogP) is 6.52. The summed E-state index contributed by atoms with van der Waals surface area (Å²) < 4.78 is 6.94. The Morgan fingerprint density at radius 3 is 2.46 bits per heavy atom. The van der Waals surface area contributed by atoms with Gasteiger partial charge in [-0.25, -0.2) is 9.80 Å². The third kappa shape index (κ3) is 7.99. The van der Waals surface area contributed by atoms with E-state index in [2.05, 4.69) is 20.8 Å². The molecule has 46 heavy (non-hydrogen) atoms. The average Bonchev–Trinajstić information content (AvgIpc) is 3.33. The summed E-state index contributed by atoms with van der Waals surface area (Å²) in [6.07, 6.45) is 8.42. The standard InChI is InChI=1S/C35H44N6O5/c1-34(2,3)46-32(44)22-40-29-17-11-16-27(25(29)20-36-40)37-31(43)21-41-33(45)38-26-15-10-9-14-24(26)28(39-41)18-30(42)35(4,5)19-23-12-7-6-8-13-23/h9-11,14-17,20,23H,6-8,12-13,18-19,21-22H2,1-5H3,(H,37,43)(H,38,45). The van der Waals surface area contributed by atoms with Gasteiger partial charge in [-0.15, -0.1) is 0 Å². The first-order chi connectivity index (χ1) is 21.8. The molecule has 2 N–H and O–H groups in total. The summed E-state index contributed by atoms with van der Waals surface area (Å²) in [7, 11) is 0. The number of ketones is 1. The van der Waals surface area contributed by atoms with Gasteiger partial charge in [-0.3, -0.25) is 19.1 Å². The van der Waals surface area contributed by atoms with Crippen molar-refractivity contribution < 1.29 is 23.9 Å². The van der Waals surface area contributed by atoms with E-state index in [1.54, 1.807) is 57.3 Å². The van der Waals surface area contributed by atoms with Crippen LogP contribution in [-0.4, -0.2) is 56.3 Å². The fourth-order valence-electron chi connectivity index (χ4n) is 6.28. The second-order valence-corrected chi connectivity index (χ2v) is 13.9. The Morgan fingerprint density at radius 2 is 1.72 bits per heavy atom. The van der Waals surface area contributed by atoms with Crippen LogP contribution in [-0.2, 0) is 25.7 Å². The molecular weight excluding hydrogens is 584 g/mol. The van der Waals surface area contributed by atoms with Crippen LogP contribution in [0.1, 0.15) is 85.1 Å². The van der Waals surface area contributed by atoms with Crippen LogP contribution in [0.3, 0.4) is 0 Å². The van der Waals surface area contributed by atoms with Crippen molar-refractivity contribution in [3.63, 3.8) is 0 Å². The van der Waals surface area contributed by atoms with Crippen molar-refractivity contribution in [3.05, 3.63) is 54.2 Å². The Balaban J connectivity index is 1.32. The summed E-state index contributed by atoms with van der Waals surface area (Å²) in [5.41, 5.74) is 1.58. The van der Waals surface area contributed by atoms with E-state index >= 15 is 0 Å². The molecule has 3 aromatic rings. The summed E-state index contributed by atoms with van der Waals surface area (Å²) in [4.78, 5) is 52.7. The normalized spacial score (nSPS) is 15.9. The number of Topliss-reactive ketones (excluding diaryl/α,β-unsaturated/α-hetero) is 1. The molecule has 1 aliphatic carbocycles. The molecule has 0 saturated heterocycles. The topological polar surface area (TPSA) is 135 Å². The quantitative estimate of drug-likeness (QED) is 0.245. The third-order valence-electron chi connectivity index (χ3n) is 8.52. The van der Waals surface area contributed by atoms with Crippen molar-refractivity contribution in [3.8, 4) is 0 Å². The number of ether oxygens (including phenoxy) is 1. The van der Waals surface area contributed by atoms with Gasteiger partial charge in [-0.05, 0) is 51.3 Å². The van der Waals surface area contributed by atoms with Gasteiger partial charge in [0.2, 0.25) is 5.91 Å². The number of carbonyl (C=O) groups is 4. The number of hydrogen-bond donors (Lipinski definition) is 2. The zero-order chi connectivity index (χ0) is 33.1. The molecule has 1 aromatic heterocycles. The van der Waals surface area contributed by atoms with E-state index in [9.17, 15) is 19.2 Å². The molecule has 5 rings (SSSR count). The Hall–Kier alpha value is -4.54. The minimum atomic E-state index is -0.624. The van der Waals surface area contributed by atoms with Crippen molar-refractivity contribution in [2.24, 2.45) is 16.4 Å². The monoisotopic (exact) mass is 628 g/mol. The summed E-state index contributed by atoms with van der Waals surface area (Å²) in [5, 5.41) is 16.3. The van der Waals surface area contributed by atoms with Gasteiger partial charge in [0.1, 0.15) is 24.5 Å². The van der Waals surface area contributed by atoms with Crippen LogP contribution in [0.2, 0.25) is 0 Å². The fraction of sp³-hybridized carbons (Fsp3) is 0.486. The number of para-hydroxylation sites is 1. The lowest BCUT2D eigenvalue weighted by Gasteiger charge is -2.31. The highest BCUT2D eigenvalue weighted by atomic mass is 16.6. The van der Waals surface area contributed by atoms with Crippen molar-refractivity contribution in [2.45, 2.75) is 91.7 Å². The smallest absolute Gasteiger partial charge is 0.342 e. The van der Waals surface area contributed by atoms with Crippen LogP contribution >= 0.6 is 0 Å². The van der Waals surface area contributed by atoms with Crippen LogP contribution in [0, 0.1) is 11.3 Å². The highest BCUT2D eigenvalue weighted by Crippen LogP contribution is 2.36. The lowest BCUT2D eigenvalue weighted by atomic mass is 9.73. The number of fused-ring (bicyclic) bond motifs is 2. The molecular formula is C35H44N6O5. The molecule has 3 amide bonds. The first-order valence-electron chi connectivity index (χ1n) is 16.0. The van der Waals surface area contributed by atoms with Crippen molar-refractivity contribution in [2.75, 3.05) is 17.2 Å². The summed E-state index contributed by atoms with van der Waals surface area (Å²) in [6.45, 7) is 8.92. The SMILES string of the molecule is CC(C)(C)OC(=O)Cn1ncc2c(NC(=O)CN3N=C(CC(=O)C(C)(C)CC4CCCCC4)c4ccccc4NC3=O)cccc21. The Kier molecular flexibility index (Phi) is 9.60. The highest BCUT2D eigenvalue weighted by molar-refractivity contribution is 6.17. The van der Waals surface area contributed by atoms with Gasteiger partial charge < -0.3 is 15.4 Å². The van der Waals surface area contributed by atoms with Gasteiger partial charge in [0.15, 0.2) is 0 Å². The maximum Gasteiger partial charge on any atom is 0.342 e. The number of carbonyl (C=O) groups excluding carboxylic acids is 4. The molecule has 11 nitrogen and oxygen atoms in total. The zero-order valence-corrected chi connectivity index (χ0v) is 27.4. The maximum absolute atomic E-state index is 13.7. The number of anilines is 2. The highest BCUT2D eigenvalue weighted by Gasteiger charge is 2.34. The number of amides is 3. The number of nitrogens with one attached hydrogen (secondary N) is 2. The molecule has 244 valence electrons. The van der Waals surface area contributed by atoms with Crippen LogP contribution in [0.4, 0.5) is 16.2 Å². The van der Waals surface area contributed by atoms with Crippen molar-refractivity contribution >= 4 is 51.7 Å². The number of hydrogen-bond acceptors (Lipinski definition) is 7. The first-order valence-corrected chi connectivity index (χ1v) is 16.0. The van der Waals surface area contributed by atoms with Gasteiger partial charge in [0, 0.05) is 16.4 Å². The van der Waals surface area contributed by atoms with E-state index in [0.717, 1.165) is 24.3 Å². The van der Waals surface area contributed by atoms with E-state index in [1.807, 2.05) is 26.0 Å². The second kappa shape index (κ2) is 13.4. The summed E-state index contributed by atoms with van der Waals surface area (Å²) in [5.74, 6) is -0.320. The van der Waals surface area contributed by atoms with Gasteiger partial charge in [0.25, 0.3) is 0 Å². The number of aromatic nitrogens is 2. The molecule has 0 spiro atoms. The number of urea groups is 1. The molecule has 2 aliphatic rings. The van der Waals surface area contributed by atoms with Gasteiger partial charge >= 0.3 is 12.0 Å². The number of benzene rings is 2. The second-order valence-electron chi connectivity index (χ2n) is 13.9. The largest absolute Gasteiger partial charge is 0.459 e. The maximum atomic E-state index is 13.7. The lowest BCUT2D eigenvalue weighted by Crippen LogP contribution is -2.37. The Bertz CT molecular complexity index is 1660. The molecule has 2 heterocycles. The fourth-order valence-corrected chi connectivity index (χ4v) is 6.28. The van der Waals surface area contributed by atoms with Crippen LogP contribution in [0.15, 0.2) is 53.8 Å². The van der Waals surface area contributed by atoms with E-state index in [0.29, 0.717) is 39.5 Å². The zero-order valence-electron chi connectivity index (χ0n) is 27.4. The van der Waals surface area contributed by atoms with E-state index in [4.69, 9.17) is 4.74 Å². The summed E-state index contributed by atoms with van der Waals surface area (Å²) in [6, 6.07) is 11.9. The predicted molar refractivity (Wildman–Crippen MR) is 178 cm³/mol. The minimum Gasteiger partial charge on any atom is -0.459 e. The molecule has 1 fully saturated rings. The number of hydrazone groups is 1. The van der Waals surface area contributed by atoms with Crippen LogP contribution < -0.4 is 10.6 Å². The van der Waals surface area contributed by atoms with E-state index in [-0.39, 0.29) is 25.3 Å². The molecule has 0 unspecified atom stereocenters. The van der Waals surface area contributed by atoms with Gasteiger partial charge in [-0.2, -0.15) is 10.2 Å². The number of rotatable bonds is 10. The van der Waals surface area contributed by atoms with Crippen molar-refractivity contribution in [1.82, 2.24) is 14.8 Å². The third-order valence-corrected chi connectivity index (χ3v) is 8.52. The summed E-state index contributed by atoms with van der Waals surface area (Å²) >= 11 is 0. The molecule has 11 heteroatoms. The number of nitrogens with zero attached hydrogens (tertiary/aromatic N) is 4. The van der Waals surface area contributed by atoms with E-state index in [1.165, 1.54) is 23.9 Å². The molecule has 0 atom stereocenters. The molecule has 2 aromatic carbocycles. The molecule has 1 saturated carbocycles. The number of esters is 1. The van der Waals surface area contributed by atoms with Gasteiger partial charge in [-0.1, -0.05) is 70.2 Å². The average molecular weight is 629 g/mol. The van der Waals surface area contributed by atoms with Crippen LogP contribution in [0.5, 0.6) is 0 Å². The lowest BCUT2D eigenvalue weighted by molar-refractivity contribution is -0.155. The van der Waals surface area contributed by atoms with Crippen molar-refractivity contribution in [1.29, 1.82) is 0 Å². The first kappa shape index (κ1) is 32.8. The van der Waals surface area contributed by atoms with Crippen LogP contribution in [0.25, 0.3) is 10.9 Å². The molecule has 0 radical (unpaired) electrons. The molecule has 1 aliphatic heterocycles. The van der Waals surface area contributed by atoms with E-state index < -0.39 is 28.9 Å². The van der Waals surface area contributed by atoms with Gasteiger partial charge in [0.05, 0.1) is 35.2 Å². The minimum absolute atomic E-state index is 0.0416. The molecule has 0 bridgehead atoms. The Morgan fingerprint density at radius 1 is 0.978 bits per heavy atom.